The lowest BCUT2D eigenvalue weighted by Gasteiger charge is -2.18. The Morgan fingerprint density at radius 3 is 2.43 bits per heavy atom. The van der Waals surface area contributed by atoms with Crippen molar-refractivity contribution in [2.45, 2.75) is 32.9 Å². The zero-order valence-corrected chi connectivity index (χ0v) is 14.1. The van der Waals surface area contributed by atoms with Crippen LogP contribution in [-0.4, -0.2) is 43.1 Å². The molecule has 5 nitrogen and oxygen atoms in total. The molecule has 23 heavy (non-hydrogen) atoms. The van der Waals surface area contributed by atoms with E-state index in [0.29, 0.717) is 6.54 Å². The monoisotopic (exact) mass is 319 g/mol. The zero-order chi connectivity index (χ0) is 17.2. The molecule has 0 aliphatic heterocycles. The number of likely N-dealkylation sites (N-methyl/N-ethyl adjacent to an activating group) is 1. The first kappa shape index (κ1) is 18.9. The molecule has 126 valence electrons. The number of carbonyl (C=O) groups excluding carboxylic acids is 2. The van der Waals surface area contributed by atoms with Crippen LogP contribution in [0.1, 0.15) is 25.0 Å². The molecule has 1 aromatic carbocycles. The molecular formula is C18H25NO4. The number of rotatable bonds is 9. The molecule has 0 aliphatic carbocycles. The minimum absolute atomic E-state index is 0.256. The van der Waals surface area contributed by atoms with E-state index in [1.807, 2.05) is 24.3 Å². The fourth-order valence-corrected chi connectivity index (χ4v) is 1.88. The third-order valence-corrected chi connectivity index (χ3v) is 3.41. The first-order chi connectivity index (χ1) is 11.0. The van der Waals surface area contributed by atoms with Gasteiger partial charge in [-0.1, -0.05) is 37.3 Å². The van der Waals surface area contributed by atoms with Crippen LogP contribution in [0.5, 0.6) is 0 Å². The molecule has 0 spiro atoms. The van der Waals surface area contributed by atoms with Gasteiger partial charge in [0.1, 0.15) is 0 Å². The smallest absolute Gasteiger partial charge is 0.335 e. The van der Waals surface area contributed by atoms with E-state index in [1.54, 1.807) is 20.0 Å². The highest BCUT2D eigenvalue weighted by molar-refractivity contribution is 5.81. The first-order valence-electron chi connectivity index (χ1n) is 7.68. The van der Waals surface area contributed by atoms with E-state index in [1.165, 1.54) is 10.5 Å². The minimum atomic E-state index is -0.715. The number of hydrogen-bond donors (Lipinski definition) is 0. The van der Waals surface area contributed by atoms with E-state index in [2.05, 4.69) is 13.5 Å². The summed E-state index contributed by atoms with van der Waals surface area (Å²) in [6, 6.07) is 8.10. The summed E-state index contributed by atoms with van der Waals surface area (Å²) in [6.45, 7) is 7.63. The van der Waals surface area contributed by atoms with Crippen molar-refractivity contribution in [3.63, 3.8) is 0 Å². The molecule has 0 heterocycles. The Morgan fingerprint density at radius 1 is 1.26 bits per heavy atom. The molecule has 0 saturated heterocycles. The van der Waals surface area contributed by atoms with Crippen LogP contribution in [0, 0.1) is 0 Å². The zero-order valence-electron chi connectivity index (χ0n) is 14.1. The average molecular weight is 319 g/mol. The maximum absolute atomic E-state index is 12.0. The number of carbonyl (C=O) groups is 2. The summed E-state index contributed by atoms with van der Waals surface area (Å²) in [7, 11) is 1.68. The summed E-state index contributed by atoms with van der Waals surface area (Å²) in [5.41, 5.74) is 2.29. The number of benzene rings is 1. The Bertz CT molecular complexity index is 524. The molecule has 1 rings (SSSR count). The second-order valence-corrected chi connectivity index (χ2v) is 5.29. The quantitative estimate of drug-likeness (QED) is 0.518. The van der Waals surface area contributed by atoms with Crippen LogP contribution >= 0.6 is 0 Å². The van der Waals surface area contributed by atoms with Crippen molar-refractivity contribution in [3.8, 4) is 0 Å². The van der Waals surface area contributed by atoms with E-state index in [0.717, 1.165) is 12.0 Å². The van der Waals surface area contributed by atoms with E-state index in [4.69, 9.17) is 9.47 Å². The van der Waals surface area contributed by atoms with Crippen molar-refractivity contribution in [1.29, 1.82) is 0 Å². The normalized spacial score (nSPS) is 11.6. The molecule has 1 unspecified atom stereocenters. The topological polar surface area (TPSA) is 55.8 Å². The second-order valence-electron chi connectivity index (χ2n) is 5.29. The maximum atomic E-state index is 12.0. The van der Waals surface area contributed by atoms with Crippen LogP contribution < -0.4 is 0 Å². The first-order valence-corrected chi connectivity index (χ1v) is 7.68. The van der Waals surface area contributed by atoms with E-state index in [-0.39, 0.29) is 19.1 Å². The Balaban J connectivity index is 2.41. The highest BCUT2D eigenvalue weighted by atomic mass is 16.6. The van der Waals surface area contributed by atoms with Gasteiger partial charge in [0, 0.05) is 13.6 Å². The van der Waals surface area contributed by atoms with Crippen LogP contribution in [0.15, 0.2) is 36.9 Å². The molecule has 1 atom stereocenters. The third kappa shape index (κ3) is 6.65. The van der Waals surface area contributed by atoms with Gasteiger partial charge >= 0.3 is 5.97 Å². The molecule has 0 radical (unpaired) electrons. The lowest BCUT2D eigenvalue weighted by Crippen LogP contribution is -2.33. The summed E-state index contributed by atoms with van der Waals surface area (Å²) in [5.74, 6) is -0.810. The van der Waals surface area contributed by atoms with Crippen molar-refractivity contribution in [2.24, 2.45) is 0 Å². The summed E-state index contributed by atoms with van der Waals surface area (Å²) >= 11 is 0. The highest BCUT2D eigenvalue weighted by Gasteiger charge is 2.17. The predicted molar refractivity (Wildman–Crippen MR) is 88.9 cm³/mol. The molecule has 0 bridgehead atoms. The Hall–Kier alpha value is -2.14. The Labute approximate surface area is 137 Å². The number of amides is 1. The van der Waals surface area contributed by atoms with Gasteiger partial charge in [0.05, 0.1) is 6.61 Å². The fraction of sp³-hybridized carbons (Fsp3) is 0.444. The number of ether oxygens (including phenoxy) is 2. The largest absolute Gasteiger partial charge is 0.454 e. The van der Waals surface area contributed by atoms with Gasteiger partial charge in [-0.3, -0.25) is 4.79 Å². The molecule has 0 N–H and O–H groups in total. The van der Waals surface area contributed by atoms with E-state index < -0.39 is 12.1 Å². The second kappa shape index (κ2) is 9.79. The SMILES string of the molecule is C=CCOC(C)C(=O)OCC(=O)N(C)Cc1ccc(CC)cc1. The maximum Gasteiger partial charge on any atom is 0.335 e. The predicted octanol–water partition coefficient (Wildman–Crippen LogP) is 2.34. The minimum Gasteiger partial charge on any atom is -0.454 e. The Morgan fingerprint density at radius 2 is 1.87 bits per heavy atom. The van der Waals surface area contributed by atoms with Crippen LogP contribution in [0.25, 0.3) is 0 Å². The molecule has 0 saturated carbocycles. The summed E-state index contributed by atoms with van der Waals surface area (Å²) in [5, 5.41) is 0. The molecule has 5 heteroatoms. The molecule has 1 amide bonds. The van der Waals surface area contributed by atoms with Gasteiger partial charge in [-0.2, -0.15) is 0 Å². The fourth-order valence-electron chi connectivity index (χ4n) is 1.88. The van der Waals surface area contributed by atoms with Crippen LogP contribution in [0.4, 0.5) is 0 Å². The van der Waals surface area contributed by atoms with E-state index in [9.17, 15) is 9.59 Å². The third-order valence-electron chi connectivity index (χ3n) is 3.41. The van der Waals surface area contributed by atoms with E-state index >= 15 is 0 Å². The van der Waals surface area contributed by atoms with Crippen molar-refractivity contribution >= 4 is 11.9 Å². The Kier molecular flexibility index (Phi) is 8.05. The molecule has 0 aliphatic rings. The van der Waals surface area contributed by atoms with Gasteiger partial charge < -0.3 is 14.4 Å². The number of aryl methyl sites for hydroxylation is 1. The van der Waals surface area contributed by atoms with Gasteiger partial charge in [0.15, 0.2) is 12.7 Å². The van der Waals surface area contributed by atoms with Gasteiger partial charge in [-0.25, -0.2) is 4.79 Å². The highest BCUT2D eigenvalue weighted by Crippen LogP contribution is 2.07. The number of hydrogen-bond acceptors (Lipinski definition) is 4. The molecular weight excluding hydrogens is 294 g/mol. The summed E-state index contributed by atoms with van der Waals surface area (Å²) in [4.78, 5) is 25.2. The average Bonchev–Trinajstić information content (AvgIpc) is 2.57. The van der Waals surface area contributed by atoms with Gasteiger partial charge in [0.2, 0.25) is 0 Å². The molecule has 0 aromatic heterocycles. The summed E-state index contributed by atoms with van der Waals surface area (Å²) in [6.07, 6.45) is 1.82. The van der Waals surface area contributed by atoms with Crippen molar-refractivity contribution < 1.29 is 19.1 Å². The van der Waals surface area contributed by atoms with Crippen molar-refractivity contribution in [3.05, 3.63) is 48.0 Å². The molecule has 0 fully saturated rings. The standard InChI is InChI=1S/C18H25NO4/c1-5-11-22-14(3)18(21)23-13-17(20)19(4)12-16-9-7-15(6-2)8-10-16/h5,7-10,14H,1,6,11-13H2,2-4H3. The van der Waals surface area contributed by atoms with Crippen LogP contribution in [0.2, 0.25) is 0 Å². The van der Waals surface area contributed by atoms with Gasteiger partial charge in [-0.15, -0.1) is 6.58 Å². The van der Waals surface area contributed by atoms with Crippen molar-refractivity contribution in [2.75, 3.05) is 20.3 Å². The van der Waals surface area contributed by atoms with Gasteiger partial charge in [0.25, 0.3) is 5.91 Å². The van der Waals surface area contributed by atoms with Crippen LogP contribution in [-0.2, 0) is 32.0 Å². The molecule has 1 aromatic rings. The number of esters is 1. The van der Waals surface area contributed by atoms with Gasteiger partial charge in [-0.05, 0) is 24.5 Å². The number of nitrogens with zero attached hydrogens (tertiary/aromatic N) is 1. The lowest BCUT2D eigenvalue weighted by molar-refractivity contribution is -0.160. The lowest BCUT2D eigenvalue weighted by atomic mass is 10.1. The van der Waals surface area contributed by atoms with Crippen molar-refractivity contribution in [1.82, 2.24) is 4.90 Å². The summed E-state index contributed by atoms with van der Waals surface area (Å²) < 4.78 is 10.1. The van der Waals surface area contributed by atoms with Crippen LogP contribution in [0.3, 0.4) is 0 Å².